The fourth-order valence-electron chi connectivity index (χ4n) is 2.38. The van der Waals surface area contributed by atoms with E-state index in [2.05, 4.69) is 33.4 Å². The minimum Gasteiger partial charge on any atom is -0.103 e. The van der Waals surface area contributed by atoms with E-state index in [1.54, 1.807) is 0 Å². The maximum Gasteiger partial charge on any atom is -0.0265 e. The molecular formula is C15H28. The molecule has 0 heterocycles. The first-order valence-corrected chi connectivity index (χ1v) is 6.76. The summed E-state index contributed by atoms with van der Waals surface area (Å²) in [5, 5.41) is 0. The summed E-state index contributed by atoms with van der Waals surface area (Å²) in [5.74, 6) is 3.79. The van der Waals surface area contributed by atoms with Gasteiger partial charge < -0.3 is 0 Å². The van der Waals surface area contributed by atoms with Crippen LogP contribution in [0, 0.1) is 23.7 Å². The molecule has 3 unspecified atom stereocenters. The lowest BCUT2D eigenvalue weighted by molar-refractivity contribution is 0.485. The van der Waals surface area contributed by atoms with Crippen LogP contribution in [0.2, 0.25) is 0 Å². The highest BCUT2D eigenvalue weighted by Gasteiger charge is 2.35. The van der Waals surface area contributed by atoms with Crippen LogP contribution in [0.15, 0.2) is 12.7 Å². The van der Waals surface area contributed by atoms with Gasteiger partial charge in [0, 0.05) is 0 Å². The highest BCUT2D eigenvalue weighted by molar-refractivity contribution is 4.86. The Labute approximate surface area is 96.2 Å². The molecule has 0 nitrogen and oxygen atoms in total. The van der Waals surface area contributed by atoms with Crippen molar-refractivity contribution in [1.29, 1.82) is 0 Å². The van der Waals surface area contributed by atoms with Crippen molar-refractivity contribution in [3.8, 4) is 0 Å². The zero-order valence-electron chi connectivity index (χ0n) is 10.8. The molecule has 0 saturated heterocycles. The molecule has 3 atom stereocenters. The van der Waals surface area contributed by atoms with Crippen molar-refractivity contribution in [2.75, 3.05) is 0 Å². The van der Waals surface area contributed by atoms with Gasteiger partial charge in [-0.05, 0) is 42.9 Å². The standard InChI is InChI=1S/C15H28/c1-5-13(4)7-6-8-14-11-15(14)10-9-12(2)3/h5,12-15H,1,6-11H2,2-4H3. The van der Waals surface area contributed by atoms with Crippen LogP contribution >= 0.6 is 0 Å². The molecule has 0 bridgehead atoms. The Kier molecular flexibility index (Phi) is 5.42. The Hall–Kier alpha value is -0.260. The summed E-state index contributed by atoms with van der Waals surface area (Å²) >= 11 is 0. The van der Waals surface area contributed by atoms with Crippen LogP contribution in [0.25, 0.3) is 0 Å². The van der Waals surface area contributed by atoms with Gasteiger partial charge in [-0.2, -0.15) is 0 Å². The molecule has 0 aromatic rings. The Bertz CT molecular complexity index is 180. The van der Waals surface area contributed by atoms with Crippen molar-refractivity contribution in [1.82, 2.24) is 0 Å². The van der Waals surface area contributed by atoms with Crippen LogP contribution in [0.5, 0.6) is 0 Å². The van der Waals surface area contributed by atoms with Crippen molar-refractivity contribution in [3.63, 3.8) is 0 Å². The number of rotatable bonds is 8. The molecule has 1 fully saturated rings. The summed E-state index contributed by atoms with van der Waals surface area (Å²) in [6.07, 6.45) is 10.8. The number of hydrogen-bond donors (Lipinski definition) is 0. The fourth-order valence-corrected chi connectivity index (χ4v) is 2.38. The van der Waals surface area contributed by atoms with Gasteiger partial charge in [0.15, 0.2) is 0 Å². The van der Waals surface area contributed by atoms with Crippen molar-refractivity contribution >= 4 is 0 Å². The summed E-state index contributed by atoms with van der Waals surface area (Å²) in [4.78, 5) is 0. The van der Waals surface area contributed by atoms with Crippen LogP contribution in [-0.4, -0.2) is 0 Å². The molecule has 1 aliphatic carbocycles. The lowest BCUT2D eigenvalue weighted by atomic mass is 10.0. The minimum absolute atomic E-state index is 0.720. The highest BCUT2D eigenvalue weighted by Crippen LogP contribution is 2.46. The van der Waals surface area contributed by atoms with E-state index >= 15 is 0 Å². The van der Waals surface area contributed by atoms with E-state index in [-0.39, 0.29) is 0 Å². The largest absolute Gasteiger partial charge is 0.103 e. The summed E-state index contributed by atoms with van der Waals surface area (Å²) in [6, 6.07) is 0. The smallest absolute Gasteiger partial charge is 0.0265 e. The van der Waals surface area contributed by atoms with Gasteiger partial charge in [0.25, 0.3) is 0 Å². The SMILES string of the molecule is C=CC(C)CCCC1CC1CCC(C)C. The van der Waals surface area contributed by atoms with Gasteiger partial charge in [-0.25, -0.2) is 0 Å². The summed E-state index contributed by atoms with van der Waals surface area (Å²) in [5.41, 5.74) is 0. The number of hydrogen-bond acceptors (Lipinski definition) is 0. The molecule has 0 radical (unpaired) electrons. The van der Waals surface area contributed by atoms with Crippen LogP contribution < -0.4 is 0 Å². The molecule has 0 aromatic carbocycles. The predicted octanol–water partition coefficient (Wildman–Crippen LogP) is 5.05. The van der Waals surface area contributed by atoms with Crippen molar-refractivity contribution in [2.24, 2.45) is 23.7 Å². The van der Waals surface area contributed by atoms with Gasteiger partial charge in [0.2, 0.25) is 0 Å². The zero-order chi connectivity index (χ0) is 11.3. The van der Waals surface area contributed by atoms with Crippen molar-refractivity contribution in [2.45, 2.75) is 59.3 Å². The Morgan fingerprint density at radius 3 is 2.40 bits per heavy atom. The molecule has 15 heavy (non-hydrogen) atoms. The van der Waals surface area contributed by atoms with Crippen molar-refractivity contribution in [3.05, 3.63) is 12.7 Å². The first-order valence-electron chi connectivity index (χ1n) is 6.76. The molecule has 1 rings (SSSR count). The van der Waals surface area contributed by atoms with Gasteiger partial charge in [-0.3, -0.25) is 0 Å². The van der Waals surface area contributed by atoms with Gasteiger partial charge in [0.05, 0.1) is 0 Å². The third-order valence-electron chi connectivity index (χ3n) is 3.82. The normalized spacial score (nSPS) is 26.7. The molecule has 1 saturated carbocycles. The quantitative estimate of drug-likeness (QED) is 0.490. The van der Waals surface area contributed by atoms with E-state index in [9.17, 15) is 0 Å². The minimum atomic E-state index is 0.720. The molecule has 0 amide bonds. The van der Waals surface area contributed by atoms with Gasteiger partial charge >= 0.3 is 0 Å². The molecule has 0 N–H and O–H groups in total. The van der Waals surface area contributed by atoms with E-state index in [0.29, 0.717) is 0 Å². The average molecular weight is 208 g/mol. The summed E-state index contributed by atoms with van der Waals surface area (Å²) in [7, 11) is 0. The monoisotopic (exact) mass is 208 g/mol. The van der Waals surface area contributed by atoms with Gasteiger partial charge in [0.1, 0.15) is 0 Å². The topological polar surface area (TPSA) is 0 Å². The maximum atomic E-state index is 3.84. The van der Waals surface area contributed by atoms with E-state index in [4.69, 9.17) is 0 Å². The molecular weight excluding hydrogens is 180 g/mol. The maximum absolute atomic E-state index is 3.84. The molecule has 0 aromatic heterocycles. The number of allylic oxidation sites excluding steroid dienone is 1. The van der Waals surface area contributed by atoms with Crippen LogP contribution in [0.3, 0.4) is 0 Å². The lowest BCUT2D eigenvalue weighted by Crippen LogP contribution is -1.92. The average Bonchev–Trinajstić information content (AvgIpc) is 2.93. The fraction of sp³-hybridized carbons (Fsp3) is 0.867. The Morgan fingerprint density at radius 2 is 1.80 bits per heavy atom. The second kappa shape index (κ2) is 6.35. The van der Waals surface area contributed by atoms with E-state index in [1.807, 2.05) is 0 Å². The van der Waals surface area contributed by atoms with Crippen molar-refractivity contribution < 1.29 is 0 Å². The Balaban J connectivity index is 1.95. The molecule has 0 heteroatoms. The molecule has 0 aliphatic heterocycles. The summed E-state index contributed by atoms with van der Waals surface area (Å²) < 4.78 is 0. The van der Waals surface area contributed by atoms with Gasteiger partial charge in [-0.15, -0.1) is 6.58 Å². The first kappa shape index (κ1) is 12.8. The van der Waals surface area contributed by atoms with Crippen LogP contribution in [-0.2, 0) is 0 Å². The lowest BCUT2D eigenvalue weighted by Gasteiger charge is -2.05. The van der Waals surface area contributed by atoms with Crippen LogP contribution in [0.4, 0.5) is 0 Å². The Morgan fingerprint density at radius 1 is 1.13 bits per heavy atom. The zero-order valence-corrected chi connectivity index (χ0v) is 10.8. The van der Waals surface area contributed by atoms with E-state index in [1.165, 1.54) is 38.5 Å². The molecule has 88 valence electrons. The molecule has 1 aliphatic rings. The second-order valence-corrected chi connectivity index (χ2v) is 5.87. The highest BCUT2D eigenvalue weighted by atomic mass is 14.4. The van der Waals surface area contributed by atoms with Crippen LogP contribution in [0.1, 0.15) is 59.3 Å². The second-order valence-electron chi connectivity index (χ2n) is 5.87. The third-order valence-corrected chi connectivity index (χ3v) is 3.82. The third kappa shape index (κ3) is 5.39. The van der Waals surface area contributed by atoms with Gasteiger partial charge in [-0.1, -0.05) is 46.1 Å². The van der Waals surface area contributed by atoms with E-state index < -0.39 is 0 Å². The predicted molar refractivity (Wildman–Crippen MR) is 68.9 cm³/mol. The van der Waals surface area contributed by atoms with E-state index in [0.717, 1.165) is 23.7 Å². The first-order chi connectivity index (χ1) is 7.13. The summed E-state index contributed by atoms with van der Waals surface area (Å²) in [6.45, 7) is 10.8. The molecule has 0 spiro atoms.